The number of halogens is 1. The summed E-state index contributed by atoms with van der Waals surface area (Å²) in [5, 5.41) is 3.91. The Bertz CT molecular complexity index is 1060. The van der Waals surface area contributed by atoms with Gasteiger partial charge in [-0.05, 0) is 59.6 Å². The van der Waals surface area contributed by atoms with E-state index in [0.717, 1.165) is 11.4 Å². The molecule has 1 N–H and O–H groups in total. The zero-order valence-electron chi connectivity index (χ0n) is 15.7. The second-order valence-corrected chi connectivity index (χ2v) is 7.36. The normalized spacial score (nSPS) is 17.4. The van der Waals surface area contributed by atoms with Gasteiger partial charge >= 0.3 is 0 Å². The van der Waals surface area contributed by atoms with Crippen molar-refractivity contribution in [3.63, 3.8) is 0 Å². The van der Waals surface area contributed by atoms with E-state index in [4.69, 9.17) is 4.74 Å². The first-order valence-electron chi connectivity index (χ1n) is 8.85. The molecule has 0 saturated carbocycles. The quantitative estimate of drug-likeness (QED) is 0.611. The predicted molar refractivity (Wildman–Crippen MR) is 115 cm³/mol. The SMILES string of the molecule is COc1ccc(N=CC=CC=C2Sc3ccc4ccccc4c3[NH+]2C)cc1.[Br-]. The van der Waals surface area contributed by atoms with Gasteiger partial charge in [0.1, 0.15) is 5.75 Å². The van der Waals surface area contributed by atoms with E-state index in [2.05, 4.69) is 54.5 Å². The van der Waals surface area contributed by atoms with Crippen molar-refractivity contribution in [2.75, 3.05) is 14.2 Å². The highest BCUT2D eigenvalue weighted by Crippen LogP contribution is 2.39. The van der Waals surface area contributed by atoms with Crippen LogP contribution in [0.2, 0.25) is 0 Å². The first kappa shape index (κ1) is 20.4. The van der Waals surface area contributed by atoms with Gasteiger partial charge in [0.15, 0.2) is 10.7 Å². The van der Waals surface area contributed by atoms with Crippen LogP contribution in [0.1, 0.15) is 0 Å². The maximum absolute atomic E-state index is 5.15. The third kappa shape index (κ3) is 4.22. The summed E-state index contributed by atoms with van der Waals surface area (Å²) in [6.45, 7) is 0. The molecule has 4 rings (SSSR count). The fourth-order valence-corrected chi connectivity index (χ4v) is 4.33. The van der Waals surface area contributed by atoms with Crippen molar-refractivity contribution in [2.45, 2.75) is 4.90 Å². The Morgan fingerprint density at radius 3 is 2.54 bits per heavy atom. The van der Waals surface area contributed by atoms with E-state index < -0.39 is 0 Å². The lowest BCUT2D eigenvalue weighted by Gasteiger charge is -2.09. The van der Waals surface area contributed by atoms with E-state index in [-0.39, 0.29) is 17.0 Å². The van der Waals surface area contributed by atoms with Crippen LogP contribution in [0.5, 0.6) is 5.75 Å². The highest BCUT2D eigenvalue weighted by molar-refractivity contribution is 8.03. The lowest BCUT2D eigenvalue weighted by Crippen LogP contribution is -3.00. The highest BCUT2D eigenvalue weighted by atomic mass is 79.9. The molecule has 1 unspecified atom stereocenters. The Labute approximate surface area is 180 Å². The molecular formula is C23H21BrN2OS. The van der Waals surface area contributed by atoms with Crippen molar-refractivity contribution in [3.05, 3.63) is 83.9 Å². The molecule has 1 atom stereocenters. The first-order valence-corrected chi connectivity index (χ1v) is 9.67. The minimum absolute atomic E-state index is 0. The largest absolute Gasteiger partial charge is 1.00 e. The van der Waals surface area contributed by atoms with E-state index >= 15 is 0 Å². The Morgan fingerprint density at radius 2 is 1.75 bits per heavy atom. The third-order valence-corrected chi connectivity index (χ3v) is 5.82. The number of aliphatic imine (C=N–C) groups is 1. The van der Waals surface area contributed by atoms with Gasteiger partial charge < -0.3 is 21.7 Å². The lowest BCUT2D eigenvalue weighted by molar-refractivity contribution is -0.754. The number of allylic oxidation sites excluding steroid dienone is 3. The van der Waals surface area contributed by atoms with Crippen LogP contribution in [0.25, 0.3) is 10.8 Å². The smallest absolute Gasteiger partial charge is 0.175 e. The summed E-state index contributed by atoms with van der Waals surface area (Å²) in [6.07, 6.45) is 7.99. The standard InChI is InChI=1S/C23H20N2OS.BrH/c1-25-22(9-5-6-16-24-18-11-13-19(26-2)14-12-18)27-21-15-10-17-7-3-4-8-20(17)23(21)25;/h3-16H,1-2H3;1H. The zero-order valence-corrected chi connectivity index (χ0v) is 18.1. The molecule has 1 aliphatic rings. The maximum atomic E-state index is 5.15. The fraction of sp³-hybridized carbons (Fsp3) is 0.0870. The fourth-order valence-electron chi connectivity index (χ4n) is 3.19. The molecule has 0 fully saturated rings. The summed E-state index contributed by atoms with van der Waals surface area (Å²) in [7, 11) is 3.87. The number of nitrogens with one attached hydrogen (secondary N) is 1. The van der Waals surface area contributed by atoms with Crippen LogP contribution < -0.4 is 26.6 Å². The molecule has 0 aliphatic carbocycles. The van der Waals surface area contributed by atoms with Crippen LogP contribution in [-0.4, -0.2) is 20.4 Å². The molecule has 28 heavy (non-hydrogen) atoms. The Hall–Kier alpha value is -2.34. The molecule has 0 spiro atoms. The summed E-state index contributed by atoms with van der Waals surface area (Å²) in [5.74, 6) is 0.839. The van der Waals surface area contributed by atoms with Gasteiger partial charge in [0.25, 0.3) is 0 Å². The van der Waals surface area contributed by atoms with Crippen molar-refractivity contribution in [1.82, 2.24) is 0 Å². The Morgan fingerprint density at radius 1 is 0.964 bits per heavy atom. The average molecular weight is 453 g/mol. The zero-order chi connectivity index (χ0) is 18.6. The van der Waals surface area contributed by atoms with Crippen LogP contribution in [0.15, 0.2) is 93.8 Å². The first-order chi connectivity index (χ1) is 13.3. The van der Waals surface area contributed by atoms with Crippen LogP contribution in [0.3, 0.4) is 0 Å². The number of nitrogens with zero attached hydrogens (tertiary/aromatic N) is 1. The maximum Gasteiger partial charge on any atom is 0.175 e. The minimum Gasteiger partial charge on any atom is -1.00 e. The van der Waals surface area contributed by atoms with Gasteiger partial charge in [0.2, 0.25) is 0 Å². The number of ether oxygens (including phenoxy) is 1. The summed E-state index contributed by atoms with van der Waals surface area (Å²) in [4.78, 5) is 7.10. The monoisotopic (exact) mass is 452 g/mol. The molecule has 0 radical (unpaired) electrons. The topological polar surface area (TPSA) is 26.0 Å². The molecule has 142 valence electrons. The Balaban J connectivity index is 0.00000225. The summed E-state index contributed by atoms with van der Waals surface area (Å²) in [6, 6.07) is 20.7. The van der Waals surface area contributed by atoms with Gasteiger partial charge in [-0.25, -0.2) is 0 Å². The number of hydrogen-bond acceptors (Lipinski definition) is 3. The summed E-state index contributed by atoms with van der Waals surface area (Å²) < 4.78 is 5.15. The molecule has 0 aromatic heterocycles. The number of benzene rings is 3. The number of hydrogen-bond donors (Lipinski definition) is 1. The van der Waals surface area contributed by atoms with Crippen molar-refractivity contribution < 1.29 is 26.6 Å². The Kier molecular flexibility index (Phi) is 6.73. The molecule has 5 heteroatoms. The van der Waals surface area contributed by atoms with E-state index in [0.29, 0.717) is 0 Å². The number of thioether (sulfide) groups is 1. The van der Waals surface area contributed by atoms with Gasteiger partial charge in [-0.1, -0.05) is 30.3 Å². The molecule has 1 heterocycles. The molecule has 3 aromatic rings. The van der Waals surface area contributed by atoms with Crippen molar-refractivity contribution in [3.8, 4) is 5.75 Å². The van der Waals surface area contributed by atoms with Gasteiger partial charge in [0, 0.05) is 17.7 Å². The number of rotatable bonds is 4. The summed E-state index contributed by atoms with van der Waals surface area (Å²) >= 11 is 1.83. The number of quaternary nitrogens is 1. The highest BCUT2D eigenvalue weighted by Gasteiger charge is 2.29. The van der Waals surface area contributed by atoms with Gasteiger partial charge in [-0.2, -0.15) is 0 Å². The second-order valence-electron chi connectivity index (χ2n) is 6.28. The number of fused-ring (bicyclic) bond motifs is 3. The average Bonchev–Trinajstić information content (AvgIpc) is 3.04. The van der Waals surface area contributed by atoms with Crippen molar-refractivity contribution in [1.29, 1.82) is 0 Å². The molecule has 1 aliphatic heterocycles. The third-order valence-electron chi connectivity index (χ3n) is 4.60. The molecule has 0 amide bonds. The lowest BCUT2D eigenvalue weighted by atomic mass is 10.1. The van der Waals surface area contributed by atoms with E-state index in [1.165, 1.54) is 31.3 Å². The molecule has 0 bridgehead atoms. The summed E-state index contributed by atoms with van der Waals surface area (Å²) in [5.41, 5.74) is 2.27. The van der Waals surface area contributed by atoms with Gasteiger partial charge in [-0.15, -0.1) is 0 Å². The van der Waals surface area contributed by atoms with Crippen LogP contribution in [0.4, 0.5) is 11.4 Å². The van der Waals surface area contributed by atoms with Crippen molar-refractivity contribution in [2.24, 2.45) is 4.99 Å². The van der Waals surface area contributed by atoms with Gasteiger partial charge in [-0.3, -0.25) is 9.89 Å². The number of methoxy groups -OCH3 is 1. The van der Waals surface area contributed by atoms with Crippen molar-refractivity contribution >= 4 is 40.1 Å². The second kappa shape index (κ2) is 9.24. The minimum atomic E-state index is 0. The molecule has 0 saturated heterocycles. The van der Waals surface area contributed by atoms with Gasteiger partial charge in [0.05, 0.1) is 24.7 Å². The predicted octanol–water partition coefficient (Wildman–Crippen LogP) is 1.90. The molecular weight excluding hydrogens is 432 g/mol. The van der Waals surface area contributed by atoms with Crippen LogP contribution in [0, 0.1) is 0 Å². The van der Waals surface area contributed by atoms with E-state index in [9.17, 15) is 0 Å². The van der Waals surface area contributed by atoms with E-state index in [1.54, 1.807) is 7.11 Å². The van der Waals surface area contributed by atoms with Crippen LogP contribution in [-0.2, 0) is 0 Å². The van der Waals surface area contributed by atoms with Crippen LogP contribution >= 0.6 is 11.8 Å². The van der Waals surface area contributed by atoms with E-state index in [1.807, 2.05) is 54.4 Å². The molecule has 3 aromatic carbocycles. The molecule has 3 nitrogen and oxygen atoms in total.